The van der Waals surface area contributed by atoms with E-state index >= 15 is 0 Å². The van der Waals surface area contributed by atoms with Gasteiger partial charge in [0.25, 0.3) is 5.91 Å². The fraction of sp³-hybridized carbons (Fsp3) is 0. The molecule has 0 radical (unpaired) electrons. The lowest BCUT2D eigenvalue weighted by Crippen LogP contribution is -2.18. The summed E-state index contributed by atoms with van der Waals surface area (Å²) in [5.41, 5.74) is 5.00. The van der Waals surface area contributed by atoms with Crippen LogP contribution in [-0.4, -0.2) is 16.7 Å². The summed E-state index contributed by atoms with van der Waals surface area (Å²) in [5.74, 6) is -0.258. The quantitative estimate of drug-likeness (QED) is 0.549. The van der Waals surface area contributed by atoms with Crippen molar-refractivity contribution >= 4 is 28.1 Å². The topological polar surface area (TPSA) is 46.4 Å². The Balaban J connectivity index is 1.74. The van der Waals surface area contributed by atoms with Gasteiger partial charge in [-0.2, -0.15) is 5.10 Å². The summed E-state index contributed by atoms with van der Waals surface area (Å²) in [6.45, 7) is 0. The highest BCUT2D eigenvalue weighted by molar-refractivity contribution is 9.10. The number of amides is 1. The summed E-state index contributed by atoms with van der Waals surface area (Å²) < 4.78 is 2.73. The minimum absolute atomic E-state index is 0.258. The Bertz CT molecular complexity index is 840. The number of nitrogens with zero attached hydrogens (tertiary/aromatic N) is 2. The summed E-state index contributed by atoms with van der Waals surface area (Å²) in [7, 11) is 0. The zero-order valence-electron chi connectivity index (χ0n) is 12.2. The van der Waals surface area contributed by atoms with Crippen molar-refractivity contribution < 1.29 is 4.79 Å². The average Bonchev–Trinajstić information content (AvgIpc) is 3.04. The van der Waals surface area contributed by atoms with Crippen LogP contribution in [0.4, 0.5) is 0 Å². The molecule has 3 rings (SSSR count). The van der Waals surface area contributed by atoms with E-state index in [9.17, 15) is 4.79 Å². The highest BCUT2D eigenvalue weighted by Gasteiger charge is 2.07. The molecule has 0 fully saturated rings. The number of nitrogens with one attached hydrogen (secondary N) is 1. The van der Waals surface area contributed by atoms with Crippen molar-refractivity contribution in [3.05, 3.63) is 88.7 Å². The minimum atomic E-state index is -0.258. The van der Waals surface area contributed by atoms with Crippen LogP contribution in [0.1, 0.15) is 16.1 Å². The lowest BCUT2D eigenvalue weighted by atomic mass is 10.2. The molecule has 0 aliphatic rings. The van der Waals surface area contributed by atoms with Crippen molar-refractivity contribution in [3.8, 4) is 5.69 Å². The SMILES string of the molecule is O=C(NN=Cc1cccn1-c1ccccc1)c1ccccc1Br. The minimum Gasteiger partial charge on any atom is -0.316 e. The first kappa shape index (κ1) is 15.2. The molecule has 1 heterocycles. The zero-order valence-corrected chi connectivity index (χ0v) is 13.8. The summed E-state index contributed by atoms with van der Waals surface area (Å²) in [5, 5.41) is 4.05. The first-order valence-corrected chi connectivity index (χ1v) is 7.86. The van der Waals surface area contributed by atoms with E-state index in [0.29, 0.717) is 5.56 Å². The second-order valence-electron chi connectivity index (χ2n) is 4.82. The Hall–Kier alpha value is -2.66. The number of hydrogen-bond donors (Lipinski definition) is 1. The molecule has 5 heteroatoms. The molecule has 114 valence electrons. The van der Waals surface area contributed by atoms with E-state index in [2.05, 4.69) is 26.5 Å². The number of para-hydroxylation sites is 1. The summed E-state index contributed by atoms with van der Waals surface area (Å²) in [6.07, 6.45) is 3.58. The summed E-state index contributed by atoms with van der Waals surface area (Å²) in [4.78, 5) is 12.1. The second-order valence-corrected chi connectivity index (χ2v) is 5.67. The molecule has 0 unspecified atom stereocenters. The summed E-state index contributed by atoms with van der Waals surface area (Å²) >= 11 is 3.35. The van der Waals surface area contributed by atoms with Gasteiger partial charge in [0.05, 0.1) is 17.5 Å². The Morgan fingerprint density at radius 2 is 1.74 bits per heavy atom. The molecule has 0 atom stereocenters. The van der Waals surface area contributed by atoms with E-state index in [1.807, 2.05) is 71.4 Å². The van der Waals surface area contributed by atoms with Crippen molar-refractivity contribution in [3.63, 3.8) is 0 Å². The van der Waals surface area contributed by atoms with Crippen LogP contribution in [0.3, 0.4) is 0 Å². The Morgan fingerprint density at radius 3 is 2.52 bits per heavy atom. The van der Waals surface area contributed by atoms with E-state index in [0.717, 1.165) is 15.9 Å². The van der Waals surface area contributed by atoms with E-state index in [1.165, 1.54) is 0 Å². The van der Waals surface area contributed by atoms with E-state index in [-0.39, 0.29) is 5.91 Å². The number of hydrazone groups is 1. The van der Waals surface area contributed by atoms with Gasteiger partial charge in [-0.15, -0.1) is 0 Å². The maximum absolute atomic E-state index is 12.1. The number of carbonyl (C=O) groups is 1. The van der Waals surface area contributed by atoms with Gasteiger partial charge >= 0.3 is 0 Å². The zero-order chi connectivity index (χ0) is 16.1. The van der Waals surface area contributed by atoms with Crippen LogP contribution >= 0.6 is 15.9 Å². The first-order valence-electron chi connectivity index (χ1n) is 7.06. The third-order valence-corrected chi connectivity index (χ3v) is 3.99. The van der Waals surface area contributed by atoms with Crippen LogP contribution in [0.5, 0.6) is 0 Å². The Kier molecular flexibility index (Phi) is 4.68. The smallest absolute Gasteiger partial charge is 0.272 e. The van der Waals surface area contributed by atoms with Crippen LogP contribution in [0.2, 0.25) is 0 Å². The number of halogens is 1. The van der Waals surface area contributed by atoms with Crippen molar-refractivity contribution in [2.24, 2.45) is 5.10 Å². The summed E-state index contributed by atoms with van der Waals surface area (Å²) in [6, 6.07) is 21.0. The number of carbonyl (C=O) groups excluding carboxylic acids is 1. The predicted octanol–water partition coefficient (Wildman–Crippen LogP) is 4.00. The van der Waals surface area contributed by atoms with E-state index in [1.54, 1.807) is 12.3 Å². The molecule has 0 bridgehead atoms. The van der Waals surface area contributed by atoms with Gasteiger partial charge in [0.15, 0.2) is 0 Å². The van der Waals surface area contributed by atoms with Crippen molar-refractivity contribution in [2.45, 2.75) is 0 Å². The fourth-order valence-electron chi connectivity index (χ4n) is 2.19. The van der Waals surface area contributed by atoms with Crippen molar-refractivity contribution in [2.75, 3.05) is 0 Å². The molecule has 0 saturated carbocycles. The Labute approximate surface area is 142 Å². The molecule has 4 nitrogen and oxygen atoms in total. The van der Waals surface area contributed by atoms with Crippen LogP contribution in [-0.2, 0) is 0 Å². The largest absolute Gasteiger partial charge is 0.316 e. The molecular weight excluding hydrogens is 354 g/mol. The van der Waals surface area contributed by atoms with Gasteiger partial charge in [0.2, 0.25) is 0 Å². The number of aromatic nitrogens is 1. The van der Waals surface area contributed by atoms with Gasteiger partial charge in [-0.25, -0.2) is 5.43 Å². The normalized spacial score (nSPS) is 10.8. The van der Waals surface area contributed by atoms with Crippen molar-refractivity contribution in [1.82, 2.24) is 9.99 Å². The van der Waals surface area contributed by atoms with Crippen LogP contribution < -0.4 is 5.43 Å². The molecule has 0 aliphatic heterocycles. The maximum atomic E-state index is 12.1. The highest BCUT2D eigenvalue weighted by atomic mass is 79.9. The molecular formula is C18H14BrN3O. The van der Waals surface area contributed by atoms with Crippen molar-refractivity contribution in [1.29, 1.82) is 0 Å². The average molecular weight is 368 g/mol. The van der Waals surface area contributed by atoms with Gasteiger partial charge in [0.1, 0.15) is 0 Å². The molecule has 3 aromatic rings. The first-order chi connectivity index (χ1) is 11.3. The molecule has 2 aromatic carbocycles. The van der Waals surface area contributed by atoms with Gasteiger partial charge < -0.3 is 4.57 Å². The maximum Gasteiger partial charge on any atom is 0.272 e. The van der Waals surface area contributed by atoms with E-state index in [4.69, 9.17) is 0 Å². The monoisotopic (exact) mass is 367 g/mol. The number of hydrogen-bond acceptors (Lipinski definition) is 2. The standard InChI is InChI=1S/C18H14BrN3O/c19-17-11-5-4-10-16(17)18(23)21-20-13-15-9-6-12-22(15)14-7-2-1-3-8-14/h1-13H,(H,21,23). The van der Waals surface area contributed by atoms with Crippen LogP contribution in [0.25, 0.3) is 5.69 Å². The van der Waals surface area contributed by atoms with Gasteiger partial charge in [0, 0.05) is 16.4 Å². The second kappa shape index (κ2) is 7.07. The number of benzene rings is 2. The Morgan fingerprint density at radius 1 is 1.00 bits per heavy atom. The molecule has 1 amide bonds. The van der Waals surface area contributed by atoms with E-state index < -0.39 is 0 Å². The van der Waals surface area contributed by atoms with Crippen LogP contribution in [0.15, 0.2) is 82.5 Å². The van der Waals surface area contributed by atoms with Gasteiger partial charge in [-0.05, 0) is 52.3 Å². The third kappa shape index (κ3) is 3.57. The molecule has 1 aromatic heterocycles. The van der Waals surface area contributed by atoms with Gasteiger partial charge in [-0.1, -0.05) is 30.3 Å². The third-order valence-electron chi connectivity index (χ3n) is 3.30. The molecule has 0 aliphatic carbocycles. The predicted molar refractivity (Wildman–Crippen MR) is 95.0 cm³/mol. The number of rotatable bonds is 4. The lowest BCUT2D eigenvalue weighted by Gasteiger charge is -2.06. The molecule has 0 spiro atoms. The lowest BCUT2D eigenvalue weighted by molar-refractivity contribution is 0.0954. The fourth-order valence-corrected chi connectivity index (χ4v) is 2.65. The highest BCUT2D eigenvalue weighted by Crippen LogP contribution is 2.15. The molecule has 1 N–H and O–H groups in total. The van der Waals surface area contributed by atoms with Gasteiger partial charge in [-0.3, -0.25) is 4.79 Å². The molecule has 0 saturated heterocycles. The molecule has 23 heavy (non-hydrogen) atoms. The van der Waals surface area contributed by atoms with Crippen LogP contribution in [0, 0.1) is 0 Å².